The van der Waals surface area contributed by atoms with Gasteiger partial charge in [0.25, 0.3) is 5.56 Å². The van der Waals surface area contributed by atoms with Crippen LogP contribution in [0.25, 0.3) is 11.3 Å². The van der Waals surface area contributed by atoms with Crippen LogP contribution in [-0.2, 0) is 6.18 Å². The molecular weight excluding hydrogens is 456 g/mol. The molecule has 0 spiro atoms. The van der Waals surface area contributed by atoms with E-state index >= 15 is 0 Å². The van der Waals surface area contributed by atoms with E-state index in [4.69, 9.17) is 0 Å². The fourth-order valence-electron chi connectivity index (χ4n) is 2.67. The third-order valence-electron chi connectivity index (χ3n) is 4.00. The van der Waals surface area contributed by atoms with Crippen LogP contribution in [0.5, 0.6) is 5.75 Å². The topological polar surface area (TPSA) is 103 Å². The minimum Gasteiger partial charge on any atom is -0.405 e. The highest BCUT2D eigenvalue weighted by atomic mass is 19.4. The predicted octanol–water partition coefficient (Wildman–Crippen LogP) is 4.67. The second-order valence-electron chi connectivity index (χ2n) is 6.29. The summed E-state index contributed by atoms with van der Waals surface area (Å²) in [5, 5.41) is 12.9. The van der Waals surface area contributed by atoms with Gasteiger partial charge in [0.1, 0.15) is 17.4 Å². The first-order valence-corrected chi connectivity index (χ1v) is 8.84. The lowest BCUT2D eigenvalue weighted by Gasteiger charge is -2.15. The van der Waals surface area contributed by atoms with Crippen LogP contribution < -0.4 is 15.7 Å². The van der Waals surface area contributed by atoms with Crippen molar-refractivity contribution >= 4 is 12.2 Å². The SMILES string of the molecule is N#Cc1c(-c2ccccc2)nc(NN=Cc2ccc(OC(F)(F)F)c(C(F)(F)F)c2)[nH]c1=O. The van der Waals surface area contributed by atoms with Crippen molar-refractivity contribution < 1.29 is 31.1 Å². The number of H-pyrrole nitrogens is 1. The lowest BCUT2D eigenvalue weighted by atomic mass is 10.1. The van der Waals surface area contributed by atoms with E-state index in [1.54, 1.807) is 36.4 Å². The van der Waals surface area contributed by atoms with Gasteiger partial charge in [0.05, 0.1) is 17.5 Å². The quantitative estimate of drug-likeness (QED) is 0.323. The molecule has 0 bridgehead atoms. The number of anilines is 1. The average molecular weight is 467 g/mol. The first-order chi connectivity index (χ1) is 15.5. The second-order valence-corrected chi connectivity index (χ2v) is 6.29. The highest BCUT2D eigenvalue weighted by Gasteiger charge is 2.39. The summed E-state index contributed by atoms with van der Waals surface area (Å²) in [6.45, 7) is 0. The normalized spacial score (nSPS) is 11.9. The maximum Gasteiger partial charge on any atom is 0.573 e. The molecule has 33 heavy (non-hydrogen) atoms. The van der Waals surface area contributed by atoms with Gasteiger partial charge in [-0.05, 0) is 23.8 Å². The summed E-state index contributed by atoms with van der Waals surface area (Å²) in [6.07, 6.45) is -9.56. The molecule has 2 N–H and O–H groups in total. The number of hydrogen-bond acceptors (Lipinski definition) is 6. The summed E-state index contributed by atoms with van der Waals surface area (Å²) in [6, 6.07) is 11.8. The van der Waals surface area contributed by atoms with Crippen LogP contribution in [0.2, 0.25) is 0 Å². The largest absolute Gasteiger partial charge is 0.573 e. The van der Waals surface area contributed by atoms with Crippen molar-refractivity contribution in [3.8, 4) is 23.1 Å². The van der Waals surface area contributed by atoms with Gasteiger partial charge in [0, 0.05) is 5.56 Å². The van der Waals surface area contributed by atoms with Crippen LogP contribution >= 0.6 is 0 Å². The Bertz CT molecular complexity index is 1280. The molecule has 0 radical (unpaired) electrons. The number of aromatic nitrogens is 2. The van der Waals surface area contributed by atoms with Crippen LogP contribution in [0, 0.1) is 11.3 Å². The molecule has 0 aliphatic rings. The van der Waals surface area contributed by atoms with E-state index < -0.39 is 29.4 Å². The molecule has 1 heterocycles. The number of benzene rings is 2. The van der Waals surface area contributed by atoms with E-state index in [0.29, 0.717) is 17.7 Å². The van der Waals surface area contributed by atoms with Gasteiger partial charge in [-0.25, -0.2) is 10.4 Å². The zero-order valence-corrected chi connectivity index (χ0v) is 16.1. The fourth-order valence-corrected chi connectivity index (χ4v) is 2.67. The van der Waals surface area contributed by atoms with Gasteiger partial charge >= 0.3 is 12.5 Å². The van der Waals surface area contributed by atoms with E-state index in [1.807, 2.05) is 0 Å². The number of ether oxygens (including phenoxy) is 1. The number of nitriles is 1. The molecule has 0 aliphatic carbocycles. The summed E-state index contributed by atoms with van der Waals surface area (Å²) in [4.78, 5) is 18.5. The molecule has 0 fully saturated rings. The Morgan fingerprint density at radius 1 is 1.09 bits per heavy atom. The van der Waals surface area contributed by atoms with Crippen molar-refractivity contribution in [2.45, 2.75) is 12.5 Å². The summed E-state index contributed by atoms with van der Waals surface area (Å²) in [5.41, 5.74) is -0.0942. The van der Waals surface area contributed by atoms with E-state index in [1.165, 1.54) is 0 Å². The monoisotopic (exact) mass is 467 g/mol. The summed E-state index contributed by atoms with van der Waals surface area (Å²) in [7, 11) is 0. The number of rotatable bonds is 5. The van der Waals surface area contributed by atoms with E-state index in [0.717, 1.165) is 12.3 Å². The van der Waals surface area contributed by atoms with Gasteiger partial charge in [0.2, 0.25) is 5.95 Å². The Hall–Kier alpha value is -4.34. The lowest BCUT2D eigenvalue weighted by molar-refractivity contribution is -0.276. The highest BCUT2D eigenvalue weighted by molar-refractivity contribution is 5.81. The van der Waals surface area contributed by atoms with Crippen molar-refractivity contribution in [1.29, 1.82) is 5.26 Å². The molecule has 0 unspecified atom stereocenters. The van der Waals surface area contributed by atoms with Gasteiger partial charge in [-0.2, -0.15) is 23.5 Å². The molecule has 0 saturated carbocycles. The number of hydrazone groups is 1. The van der Waals surface area contributed by atoms with Crippen molar-refractivity contribution in [2.75, 3.05) is 5.43 Å². The molecule has 0 saturated heterocycles. The molecule has 3 aromatic rings. The van der Waals surface area contributed by atoms with Gasteiger partial charge in [0.15, 0.2) is 0 Å². The standard InChI is InChI=1S/C20H11F6N5O2/c21-19(22,23)14-8-11(6-7-15(14)33-20(24,25)26)10-28-31-18-29-16(12-4-2-1-3-5-12)13(9-27)17(32)30-18/h1-8,10H,(H2,29,30,31,32). The number of nitrogens with one attached hydrogen (secondary N) is 2. The summed E-state index contributed by atoms with van der Waals surface area (Å²) >= 11 is 0. The first-order valence-electron chi connectivity index (χ1n) is 8.84. The van der Waals surface area contributed by atoms with Crippen LogP contribution in [0.4, 0.5) is 32.3 Å². The van der Waals surface area contributed by atoms with E-state index in [-0.39, 0.29) is 22.8 Å². The van der Waals surface area contributed by atoms with Gasteiger partial charge in [-0.3, -0.25) is 9.78 Å². The predicted molar refractivity (Wildman–Crippen MR) is 104 cm³/mol. The smallest absolute Gasteiger partial charge is 0.405 e. The average Bonchev–Trinajstić information content (AvgIpc) is 2.73. The Morgan fingerprint density at radius 2 is 1.79 bits per heavy atom. The van der Waals surface area contributed by atoms with Crippen LogP contribution in [-0.4, -0.2) is 22.5 Å². The van der Waals surface area contributed by atoms with E-state index in [9.17, 15) is 36.4 Å². The van der Waals surface area contributed by atoms with E-state index in [2.05, 4.69) is 25.2 Å². The Morgan fingerprint density at radius 3 is 2.39 bits per heavy atom. The third-order valence-corrected chi connectivity index (χ3v) is 4.00. The molecule has 3 rings (SSSR count). The third kappa shape index (κ3) is 5.88. The van der Waals surface area contributed by atoms with Crippen molar-refractivity contribution in [3.05, 3.63) is 75.6 Å². The molecule has 170 valence electrons. The van der Waals surface area contributed by atoms with Gasteiger partial charge in [-0.1, -0.05) is 30.3 Å². The molecule has 1 aromatic heterocycles. The summed E-state index contributed by atoms with van der Waals surface area (Å²) in [5.74, 6) is -1.63. The zero-order valence-electron chi connectivity index (χ0n) is 16.1. The number of nitrogens with zero attached hydrogens (tertiary/aromatic N) is 3. The molecule has 7 nitrogen and oxygen atoms in total. The van der Waals surface area contributed by atoms with Crippen LogP contribution in [0.15, 0.2) is 58.4 Å². The summed E-state index contributed by atoms with van der Waals surface area (Å²) < 4.78 is 79.9. The van der Waals surface area contributed by atoms with Crippen molar-refractivity contribution in [3.63, 3.8) is 0 Å². The molecule has 2 aromatic carbocycles. The Balaban J connectivity index is 1.89. The van der Waals surface area contributed by atoms with Gasteiger partial charge < -0.3 is 4.74 Å². The zero-order chi connectivity index (χ0) is 24.2. The minimum atomic E-state index is -5.30. The second kappa shape index (κ2) is 9.03. The molecule has 0 atom stereocenters. The van der Waals surface area contributed by atoms with Crippen LogP contribution in [0.1, 0.15) is 16.7 Å². The van der Waals surface area contributed by atoms with Gasteiger partial charge in [-0.15, -0.1) is 13.2 Å². The minimum absolute atomic E-state index is 0.0487. The van der Waals surface area contributed by atoms with Crippen molar-refractivity contribution in [2.24, 2.45) is 5.10 Å². The fraction of sp³-hybridized carbons (Fsp3) is 0.100. The first kappa shape index (κ1) is 23.3. The number of aromatic amines is 1. The highest BCUT2D eigenvalue weighted by Crippen LogP contribution is 2.38. The number of halogens is 6. The number of hydrogen-bond donors (Lipinski definition) is 2. The maximum atomic E-state index is 13.1. The maximum absolute atomic E-state index is 13.1. The number of alkyl halides is 6. The molecular formula is C20H11F6N5O2. The lowest BCUT2D eigenvalue weighted by Crippen LogP contribution is -2.20. The molecule has 0 aliphatic heterocycles. The van der Waals surface area contributed by atoms with Crippen molar-refractivity contribution in [1.82, 2.24) is 9.97 Å². The molecule has 0 amide bonds. The Kier molecular flexibility index (Phi) is 6.38. The Labute approximate surface area is 181 Å². The van der Waals surface area contributed by atoms with Crippen LogP contribution in [0.3, 0.4) is 0 Å². The molecule has 13 heteroatoms.